The molecule has 0 radical (unpaired) electrons. The summed E-state index contributed by atoms with van der Waals surface area (Å²) in [6.07, 6.45) is 0.841. The highest BCUT2D eigenvalue weighted by Crippen LogP contribution is 2.33. The van der Waals surface area contributed by atoms with E-state index in [0.29, 0.717) is 16.0 Å². The standard InChI is InChI=1S/C22H25F3N4O4S2/c1-15(34-19-7-3-2-4-8-19)33-28-18-6-5-9-20(14-18)35(31,32)29-17-12-10-16(11-13-17)26-27-21(30)22(23,24)25/h5-6,9-14,19,26,28-29H,1-4,7-8H2,(H,27,30). The van der Waals surface area contributed by atoms with Gasteiger partial charge in [0.05, 0.1) is 16.3 Å². The molecule has 13 heteroatoms. The van der Waals surface area contributed by atoms with Crippen molar-refractivity contribution in [2.24, 2.45) is 0 Å². The van der Waals surface area contributed by atoms with Gasteiger partial charge in [0.15, 0.2) is 5.09 Å². The third-order valence-corrected chi connectivity index (χ3v) is 7.52. The third-order valence-electron chi connectivity index (χ3n) is 4.99. The molecule has 0 unspecified atom stereocenters. The Morgan fingerprint density at radius 3 is 2.31 bits per heavy atom. The van der Waals surface area contributed by atoms with Crippen molar-refractivity contribution >= 4 is 44.8 Å². The van der Waals surface area contributed by atoms with Gasteiger partial charge in [-0.3, -0.25) is 20.4 Å². The first-order valence-corrected chi connectivity index (χ1v) is 13.0. The van der Waals surface area contributed by atoms with E-state index in [2.05, 4.69) is 22.2 Å². The van der Waals surface area contributed by atoms with Gasteiger partial charge in [-0.05, 0) is 61.9 Å². The number of anilines is 3. The van der Waals surface area contributed by atoms with Gasteiger partial charge >= 0.3 is 12.1 Å². The molecular weight excluding hydrogens is 505 g/mol. The first-order valence-electron chi connectivity index (χ1n) is 10.7. The molecule has 1 aliphatic carbocycles. The van der Waals surface area contributed by atoms with Gasteiger partial charge in [-0.2, -0.15) is 13.2 Å². The van der Waals surface area contributed by atoms with E-state index in [9.17, 15) is 26.4 Å². The number of benzene rings is 2. The Labute approximate surface area is 205 Å². The third kappa shape index (κ3) is 8.28. The monoisotopic (exact) mass is 530 g/mol. The topological polar surface area (TPSA) is 109 Å². The molecule has 0 aliphatic heterocycles. The number of rotatable bonds is 10. The van der Waals surface area contributed by atoms with Crippen molar-refractivity contribution < 1.29 is 31.2 Å². The summed E-state index contributed by atoms with van der Waals surface area (Å²) in [7, 11) is -3.97. The van der Waals surface area contributed by atoms with Crippen molar-refractivity contribution in [3.8, 4) is 0 Å². The highest BCUT2D eigenvalue weighted by Gasteiger charge is 2.38. The summed E-state index contributed by atoms with van der Waals surface area (Å²) in [5, 5.41) is 0.972. The summed E-state index contributed by atoms with van der Waals surface area (Å²) in [6.45, 7) is 3.90. The van der Waals surface area contributed by atoms with Crippen molar-refractivity contribution in [1.29, 1.82) is 0 Å². The Bertz CT molecular complexity index is 1140. The zero-order valence-corrected chi connectivity index (χ0v) is 20.2. The summed E-state index contributed by atoms with van der Waals surface area (Å²) < 4.78 is 64.6. The number of amides is 1. The first-order chi connectivity index (χ1) is 16.5. The fourth-order valence-electron chi connectivity index (χ4n) is 3.27. The molecule has 0 aromatic heterocycles. The summed E-state index contributed by atoms with van der Waals surface area (Å²) in [4.78, 5) is 16.3. The van der Waals surface area contributed by atoms with E-state index in [4.69, 9.17) is 4.84 Å². The molecular formula is C22H25F3N4O4S2. The SMILES string of the molecule is C=C(ONc1cccc(S(=O)(=O)Nc2ccc(NNC(=O)C(F)(F)F)cc2)c1)SC1CCCCC1. The van der Waals surface area contributed by atoms with Crippen LogP contribution >= 0.6 is 11.8 Å². The van der Waals surface area contributed by atoms with Crippen LogP contribution in [0.3, 0.4) is 0 Å². The summed E-state index contributed by atoms with van der Waals surface area (Å²) in [5.41, 5.74) is 7.03. The largest absolute Gasteiger partial charge is 0.472 e. The average Bonchev–Trinajstić information content (AvgIpc) is 2.82. The molecule has 2 aromatic carbocycles. The normalized spacial score (nSPS) is 14.6. The molecule has 1 aliphatic rings. The highest BCUT2D eigenvalue weighted by molar-refractivity contribution is 8.03. The van der Waals surface area contributed by atoms with Gasteiger partial charge in [0.1, 0.15) is 0 Å². The molecule has 4 N–H and O–H groups in total. The van der Waals surface area contributed by atoms with Crippen LogP contribution in [0.5, 0.6) is 0 Å². The molecule has 1 fully saturated rings. The van der Waals surface area contributed by atoms with Crippen LogP contribution in [0.1, 0.15) is 32.1 Å². The van der Waals surface area contributed by atoms with Gasteiger partial charge in [0, 0.05) is 10.9 Å². The van der Waals surface area contributed by atoms with Crippen molar-refractivity contribution in [1.82, 2.24) is 5.43 Å². The van der Waals surface area contributed by atoms with Gasteiger partial charge in [-0.15, -0.1) is 0 Å². The first kappa shape index (κ1) is 26.5. The van der Waals surface area contributed by atoms with E-state index < -0.39 is 22.1 Å². The molecule has 8 nitrogen and oxygen atoms in total. The zero-order valence-electron chi connectivity index (χ0n) is 18.5. The second-order valence-electron chi connectivity index (χ2n) is 7.74. The van der Waals surface area contributed by atoms with Crippen LogP contribution in [0.25, 0.3) is 0 Å². The lowest BCUT2D eigenvalue weighted by Gasteiger charge is -2.21. The van der Waals surface area contributed by atoms with Gasteiger partial charge < -0.3 is 4.84 Å². The number of hydrazine groups is 1. The van der Waals surface area contributed by atoms with Crippen molar-refractivity contribution in [3.63, 3.8) is 0 Å². The van der Waals surface area contributed by atoms with Crippen LogP contribution in [-0.2, 0) is 19.7 Å². The average molecular weight is 531 g/mol. The van der Waals surface area contributed by atoms with E-state index in [1.807, 2.05) is 0 Å². The maximum atomic E-state index is 12.8. The fraction of sp³-hybridized carbons (Fsp3) is 0.318. The van der Waals surface area contributed by atoms with E-state index >= 15 is 0 Å². The van der Waals surface area contributed by atoms with Gasteiger partial charge in [0.2, 0.25) is 0 Å². The number of halogens is 3. The number of sulfonamides is 1. The molecule has 0 saturated heterocycles. The van der Waals surface area contributed by atoms with Crippen LogP contribution in [0, 0.1) is 0 Å². The maximum Gasteiger partial charge on any atom is 0.472 e. The molecule has 0 heterocycles. The lowest BCUT2D eigenvalue weighted by atomic mass is 10.0. The second-order valence-corrected chi connectivity index (χ2v) is 10.8. The van der Waals surface area contributed by atoms with Gasteiger partial charge in [0.25, 0.3) is 10.0 Å². The number of hydrogen-bond acceptors (Lipinski definition) is 7. The van der Waals surface area contributed by atoms with Crippen LogP contribution < -0.4 is 21.1 Å². The van der Waals surface area contributed by atoms with Crippen LogP contribution in [0.4, 0.5) is 30.2 Å². The van der Waals surface area contributed by atoms with Crippen molar-refractivity contribution in [2.75, 3.05) is 15.6 Å². The van der Waals surface area contributed by atoms with Crippen molar-refractivity contribution in [3.05, 3.63) is 60.2 Å². The molecule has 0 spiro atoms. The van der Waals surface area contributed by atoms with Crippen LogP contribution in [-0.4, -0.2) is 25.8 Å². The predicted molar refractivity (Wildman–Crippen MR) is 130 cm³/mol. The van der Waals surface area contributed by atoms with Gasteiger partial charge in [-0.25, -0.2) is 13.9 Å². The lowest BCUT2D eigenvalue weighted by molar-refractivity contribution is -0.173. The van der Waals surface area contributed by atoms with E-state index in [-0.39, 0.29) is 16.3 Å². The number of carbonyl (C=O) groups excluding carboxylic acids is 1. The number of thioether (sulfide) groups is 1. The molecule has 35 heavy (non-hydrogen) atoms. The van der Waals surface area contributed by atoms with E-state index in [0.717, 1.165) is 12.8 Å². The van der Waals surface area contributed by atoms with Crippen LogP contribution in [0.15, 0.2) is 65.1 Å². The summed E-state index contributed by atoms with van der Waals surface area (Å²) >= 11 is 1.56. The lowest BCUT2D eigenvalue weighted by Crippen LogP contribution is -2.40. The Balaban J connectivity index is 1.55. The minimum atomic E-state index is -5.03. The number of nitrogens with one attached hydrogen (secondary N) is 4. The zero-order chi connectivity index (χ0) is 25.5. The number of hydrogen-bond donors (Lipinski definition) is 4. The number of carbonyl (C=O) groups is 1. The van der Waals surface area contributed by atoms with E-state index in [1.165, 1.54) is 61.1 Å². The molecule has 0 atom stereocenters. The Morgan fingerprint density at radius 2 is 1.66 bits per heavy atom. The molecule has 190 valence electrons. The minimum Gasteiger partial charge on any atom is -0.376 e. The smallest absolute Gasteiger partial charge is 0.376 e. The fourth-order valence-corrected chi connectivity index (χ4v) is 5.41. The summed E-state index contributed by atoms with van der Waals surface area (Å²) in [6, 6.07) is 11.3. The van der Waals surface area contributed by atoms with Crippen LogP contribution in [0.2, 0.25) is 0 Å². The number of alkyl halides is 3. The second kappa shape index (κ2) is 11.6. The Kier molecular flexibility index (Phi) is 8.78. The van der Waals surface area contributed by atoms with Gasteiger partial charge in [-0.1, -0.05) is 37.1 Å². The Hall–Kier alpha value is -3.06. The highest BCUT2D eigenvalue weighted by atomic mass is 32.2. The Morgan fingerprint density at radius 1 is 1.00 bits per heavy atom. The molecule has 0 bridgehead atoms. The maximum absolute atomic E-state index is 12.8. The quantitative estimate of drug-likeness (QED) is 0.241. The minimum absolute atomic E-state index is 0.0312. The van der Waals surface area contributed by atoms with Crippen molar-refractivity contribution in [2.45, 2.75) is 48.4 Å². The predicted octanol–water partition coefficient (Wildman–Crippen LogP) is 5.37. The molecule has 1 amide bonds. The molecule has 2 aromatic rings. The van der Waals surface area contributed by atoms with E-state index in [1.54, 1.807) is 23.9 Å². The molecule has 3 rings (SSSR count). The summed E-state index contributed by atoms with van der Waals surface area (Å²) in [5.74, 6) is -2.16. The molecule has 1 saturated carbocycles.